The normalized spacial score (nSPS) is 9.00. The largest absolute Gasteiger partial charge is 0.465 e. The average molecular weight is 204 g/mol. The number of hydrogen-bond donors (Lipinski definition) is 1. The Morgan fingerprint density at radius 3 is 2.87 bits per heavy atom. The second-order valence-electron chi connectivity index (χ2n) is 2.98. The van der Waals surface area contributed by atoms with Crippen molar-refractivity contribution in [3.63, 3.8) is 0 Å². The van der Waals surface area contributed by atoms with Crippen LogP contribution < -0.4 is 0 Å². The minimum Gasteiger partial charge on any atom is -0.465 e. The van der Waals surface area contributed by atoms with Crippen molar-refractivity contribution in [1.82, 2.24) is 0 Å². The van der Waals surface area contributed by atoms with Gasteiger partial charge >= 0.3 is 5.97 Å². The van der Waals surface area contributed by atoms with Crippen molar-refractivity contribution in [3.8, 4) is 11.8 Å². The number of aliphatic hydroxyl groups excluding tert-OH is 1. The first-order valence-electron chi connectivity index (χ1n) is 4.47. The molecule has 0 aliphatic rings. The molecule has 0 aromatic heterocycles. The van der Waals surface area contributed by atoms with Crippen LogP contribution in [0.5, 0.6) is 0 Å². The van der Waals surface area contributed by atoms with Crippen LogP contribution in [0, 0.1) is 18.8 Å². The molecular formula is C12H12O3. The quantitative estimate of drug-likeness (QED) is 0.551. The van der Waals surface area contributed by atoms with Crippen molar-refractivity contribution in [2.45, 2.75) is 6.92 Å². The first-order chi connectivity index (χ1) is 7.19. The Hall–Kier alpha value is -1.79. The number of ether oxygens (including phenoxy) is 1. The fourth-order valence-electron chi connectivity index (χ4n) is 1.17. The Balaban J connectivity index is 3.10. The third-order valence-corrected chi connectivity index (χ3v) is 1.95. The van der Waals surface area contributed by atoms with Crippen molar-refractivity contribution >= 4 is 5.97 Å². The van der Waals surface area contributed by atoms with E-state index in [9.17, 15) is 4.79 Å². The minimum absolute atomic E-state index is 0.193. The highest BCUT2D eigenvalue weighted by molar-refractivity contribution is 5.91. The SMILES string of the molecule is COC(=O)c1cc(C#CCO)ccc1C. The molecule has 0 bridgehead atoms. The predicted molar refractivity (Wildman–Crippen MR) is 56.5 cm³/mol. The molecule has 1 rings (SSSR count). The lowest BCUT2D eigenvalue weighted by Crippen LogP contribution is -2.03. The zero-order valence-electron chi connectivity index (χ0n) is 8.70. The van der Waals surface area contributed by atoms with Crippen molar-refractivity contribution in [1.29, 1.82) is 0 Å². The summed E-state index contributed by atoms with van der Waals surface area (Å²) in [5.41, 5.74) is 2.04. The molecule has 0 spiro atoms. The summed E-state index contributed by atoms with van der Waals surface area (Å²) in [6.45, 7) is 1.64. The van der Waals surface area contributed by atoms with E-state index in [1.807, 2.05) is 6.92 Å². The molecule has 1 aromatic carbocycles. The zero-order valence-corrected chi connectivity index (χ0v) is 8.70. The number of carbonyl (C=O) groups excluding carboxylic acids is 1. The van der Waals surface area contributed by atoms with Crippen LogP contribution in [-0.4, -0.2) is 24.8 Å². The average Bonchev–Trinajstić information content (AvgIpc) is 2.27. The van der Waals surface area contributed by atoms with Crippen LogP contribution in [0.3, 0.4) is 0 Å². The lowest BCUT2D eigenvalue weighted by Gasteiger charge is -2.03. The summed E-state index contributed by atoms with van der Waals surface area (Å²) in [5, 5.41) is 8.54. The Labute approximate surface area is 88.7 Å². The van der Waals surface area contributed by atoms with Crippen molar-refractivity contribution < 1.29 is 14.6 Å². The van der Waals surface area contributed by atoms with E-state index in [2.05, 4.69) is 16.6 Å². The second-order valence-corrected chi connectivity index (χ2v) is 2.98. The summed E-state index contributed by atoms with van der Waals surface area (Å²) in [7, 11) is 1.34. The lowest BCUT2D eigenvalue weighted by atomic mass is 10.1. The van der Waals surface area contributed by atoms with Gasteiger partial charge in [-0.05, 0) is 24.6 Å². The molecule has 0 radical (unpaired) electrons. The fraction of sp³-hybridized carbons (Fsp3) is 0.250. The molecule has 1 N–H and O–H groups in total. The molecule has 78 valence electrons. The zero-order chi connectivity index (χ0) is 11.3. The molecule has 0 saturated heterocycles. The van der Waals surface area contributed by atoms with Crippen LogP contribution in [0.4, 0.5) is 0 Å². The molecular weight excluding hydrogens is 192 g/mol. The number of aryl methyl sites for hydroxylation is 1. The van der Waals surface area contributed by atoms with Crippen molar-refractivity contribution in [2.75, 3.05) is 13.7 Å². The monoisotopic (exact) mass is 204 g/mol. The van der Waals surface area contributed by atoms with Crippen LogP contribution in [-0.2, 0) is 4.74 Å². The third-order valence-electron chi connectivity index (χ3n) is 1.95. The molecule has 3 nitrogen and oxygen atoms in total. The minimum atomic E-state index is -0.375. The topological polar surface area (TPSA) is 46.5 Å². The maximum atomic E-state index is 11.3. The van der Waals surface area contributed by atoms with E-state index in [0.29, 0.717) is 11.1 Å². The van der Waals surface area contributed by atoms with Crippen LogP contribution in [0.1, 0.15) is 21.5 Å². The van der Waals surface area contributed by atoms with Gasteiger partial charge in [-0.3, -0.25) is 0 Å². The standard InChI is InChI=1S/C12H12O3/c1-9-5-6-10(4-3-7-13)8-11(9)12(14)15-2/h5-6,8,13H,7H2,1-2H3. The molecule has 0 amide bonds. The maximum absolute atomic E-state index is 11.3. The van der Waals surface area contributed by atoms with Gasteiger partial charge in [0, 0.05) is 5.56 Å². The first kappa shape index (κ1) is 11.3. The number of carbonyl (C=O) groups is 1. The van der Waals surface area contributed by atoms with Gasteiger partial charge in [0.15, 0.2) is 0 Å². The van der Waals surface area contributed by atoms with Gasteiger partial charge in [-0.2, -0.15) is 0 Å². The Kier molecular flexibility index (Phi) is 3.90. The molecule has 1 aromatic rings. The molecule has 0 unspecified atom stereocenters. The van der Waals surface area contributed by atoms with E-state index < -0.39 is 0 Å². The summed E-state index contributed by atoms with van der Waals surface area (Å²) in [6.07, 6.45) is 0. The molecule has 15 heavy (non-hydrogen) atoms. The summed E-state index contributed by atoms with van der Waals surface area (Å²) in [6, 6.07) is 5.25. The number of hydrogen-bond acceptors (Lipinski definition) is 3. The molecule has 0 fully saturated rings. The van der Waals surface area contributed by atoms with Crippen LogP contribution >= 0.6 is 0 Å². The van der Waals surface area contributed by atoms with Gasteiger partial charge in [0.05, 0.1) is 12.7 Å². The van der Waals surface area contributed by atoms with Gasteiger partial charge in [-0.25, -0.2) is 4.79 Å². The van der Waals surface area contributed by atoms with Gasteiger partial charge in [0.2, 0.25) is 0 Å². The van der Waals surface area contributed by atoms with Gasteiger partial charge in [0.1, 0.15) is 6.61 Å². The predicted octanol–water partition coefficient (Wildman–Crippen LogP) is 1.13. The Bertz CT molecular complexity index is 424. The van der Waals surface area contributed by atoms with Gasteiger partial charge in [0.25, 0.3) is 0 Å². The van der Waals surface area contributed by atoms with E-state index >= 15 is 0 Å². The summed E-state index contributed by atoms with van der Waals surface area (Å²) >= 11 is 0. The van der Waals surface area contributed by atoms with E-state index in [1.165, 1.54) is 7.11 Å². The highest BCUT2D eigenvalue weighted by Crippen LogP contribution is 2.11. The number of benzene rings is 1. The van der Waals surface area contributed by atoms with Crippen LogP contribution in [0.15, 0.2) is 18.2 Å². The van der Waals surface area contributed by atoms with Crippen molar-refractivity contribution in [3.05, 3.63) is 34.9 Å². The maximum Gasteiger partial charge on any atom is 0.338 e. The van der Waals surface area contributed by atoms with Crippen molar-refractivity contribution in [2.24, 2.45) is 0 Å². The van der Waals surface area contributed by atoms with E-state index in [0.717, 1.165) is 5.56 Å². The number of rotatable bonds is 1. The van der Waals surface area contributed by atoms with E-state index in [4.69, 9.17) is 5.11 Å². The summed E-state index contributed by atoms with van der Waals surface area (Å²) in [5.74, 6) is 4.88. The summed E-state index contributed by atoms with van der Waals surface area (Å²) in [4.78, 5) is 11.3. The fourth-order valence-corrected chi connectivity index (χ4v) is 1.17. The highest BCUT2D eigenvalue weighted by atomic mass is 16.5. The van der Waals surface area contributed by atoms with Crippen LogP contribution in [0.25, 0.3) is 0 Å². The second kappa shape index (κ2) is 5.18. The Morgan fingerprint density at radius 2 is 2.27 bits per heavy atom. The lowest BCUT2D eigenvalue weighted by molar-refractivity contribution is 0.0600. The smallest absolute Gasteiger partial charge is 0.338 e. The number of methoxy groups -OCH3 is 1. The third kappa shape index (κ3) is 2.83. The molecule has 0 saturated carbocycles. The molecule has 0 atom stereocenters. The van der Waals surface area contributed by atoms with Gasteiger partial charge in [-0.15, -0.1) is 0 Å². The molecule has 3 heteroatoms. The van der Waals surface area contributed by atoms with Crippen LogP contribution in [0.2, 0.25) is 0 Å². The van der Waals surface area contributed by atoms with Gasteiger partial charge in [-0.1, -0.05) is 17.9 Å². The van der Waals surface area contributed by atoms with E-state index in [-0.39, 0.29) is 12.6 Å². The molecule has 0 aliphatic carbocycles. The first-order valence-corrected chi connectivity index (χ1v) is 4.47. The Morgan fingerprint density at radius 1 is 1.53 bits per heavy atom. The van der Waals surface area contributed by atoms with Gasteiger partial charge < -0.3 is 9.84 Å². The number of esters is 1. The highest BCUT2D eigenvalue weighted by Gasteiger charge is 2.08. The number of aliphatic hydroxyl groups is 1. The molecule has 0 aliphatic heterocycles. The summed E-state index contributed by atoms with van der Waals surface area (Å²) < 4.78 is 4.64. The molecule has 0 heterocycles. The van der Waals surface area contributed by atoms with E-state index in [1.54, 1.807) is 18.2 Å².